The number of phenolic OH excluding ortho intramolecular Hbond substituents is 1. The van der Waals surface area contributed by atoms with Gasteiger partial charge in [-0.2, -0.15) is 5.26 Å². The van der Waals surface area contributed by atoms with Crippen LogP contribution < -0.4 is 5.32 Å². The molecule has 0 unspecified atom stereocenters. The van der Waals surface area contributed by atoms with Crippen LogP contribution in [0.3, 0.4) is 0 Å². The zero-order valence-corrected chi connectivity index (χ0v) is 10.7. The molecule has 1 amide bonds. The summed E-state index contributed by atoms with van der Waals surface area (Å²) < 4.78 is 4.86. The Kier molecular flexibility index (Phi) is 6.13. The number of nitriles is 1. The summed E-state index contributed by atoms with van der Waals surface area (Å²) in [5.41, 5.74) is 0.603. The number of nitrogens with one attached hydrogen (secondary N) is 1. The predicted octanol–water partition coefficient (Wildman–Crippen LogP) is 1.45. The first-order valence-corrected chi connectivity index (χ1v) is 5.85. The van der Waals surface area contributed by atoms with E-state index < -0.39 is 5.91 Å². The second-order valence-electron chi connectivity index (χ2n) is 3.87. The average Bonchev–Trinajstić information content (AvgIpc) is 2.41. The van der Waals surface area contributed by atoms with E-state index in [-0.39, 0.29) is 11.3 Å². The molecule has 0 heterocycles. The molecular weight excluding hydrogens is 244 g/mol. The molecule has 5 heteroatoms. The molecular formula is C14H16N2O3. The predicted molar refractivity (Wildman–Crippen MR) is 71.2 cm³/mol. The second-order valence-corrected chi connectivity index (χ2v) is 3.87. The third kappa shape index (κ3) is 5.23. The van der Waals surface area contributed by atoms with Crippen molar-refractivity contribution in [3.8, 4) is 11.8 Å². The number of carbonyl (C=O) groups is 1. The molecule has 0 aliphatic carbocycles. The van der Waals surface area contributed by atoms with Crippen LogP contribution in [-0.2, 0) is 9.53 Å². The van der Waals surface area contributed by atoms with Crippen molar-refractivity contribution in [3.05, 3.63) is 35.4 Å². The van der Waals surface area contributed by atoms with Gasteiger partial charge < -0.3 is 15.2 Å². The van der Waals surface area contributed by atoms with Gasteiger partial charge in [-0.3, -0.25) is 4.79 Å². The highest BCUT2D eigenvalue weighted by Gasteiger charge is 2.08. The van der Waals surface area contributed by atoms with Gasteiger partial charge in [0.15, 0.2) is 0 Å². The van der Waals surface area contributed by atoms with Crippen molar-refractivity contribution in [2.24, 2.45) is 0 Å². The number of benzene rings is 1. The Labute approximate surface area is 112 Å². The summed E-state index contributed by atoms with van der Waals surface area (Å²) in [6.07, 6.45) is 2.12. The lowest BCUT2D eigenvalue weighted by atomic mass is 10.1. The fourth-order valence-corrected chi connectivity index (χ4v) is 1.44. The Morgan fingerprint density at radius 3 is 3.00 bits per heavy atom. The number of methoxy groups -OCH3 is 1. The molecule has 0 fully saturated rings. The molecule has 0 saturated heterocycles. The van der Waals surface area contributed by atoms with Crippen LogP contribution in [0.25, 0.3) is 6.08 Å². The van der Waals surface area contributed by atoms with E-state index in [1.165, 1.54) is 18.2 Å². The smallest absolute Gasteiger partial charge is 0.261 e. The molecule has 19 heavy (non-hydrogen) atoms. The average molecular weight is 260 g/mol. The van der Waals surface area contributed by atoms with E-state index in [1.807, 2.05) is 6.07 Å². The SMILES string of the molecule is COCCCNC(=O)/C(C#N)=C\c1cccc(O)c1. The summed E-state index contributed by atoms with van der Waals surface area (Å²) in [7, 11) is 1.59. The van der Waals surface area contributed by atoms with Crippen molar-refractivity contribution in [2.45, 2.75) is 6.42 Å². The van der Waals surface area contributed by atoms with E-state index in [1.54, 1.807) is 19.2 Å². The summed E-state index contributed by atoms with van der Waals surface area (Å²) in [6, 6.07) is 8.20. The van der Waals surface area contributed by atoms with Crippen LogP contribution in [0, 0.1) is 11.3 Å². The standard InChI is InChI=1S/C14H16N2O3/c1-19-7-3-6-16-14(18)12(10-15)8-11-4-2-5-13(17)9-11/h2,4-5,8-9,17H,3,6-7H2,1H3,(H,16,18)/b12-8-. The minimum Gasteiger partial charge on any atom is -0.508 e. The minimum absolute atomic E-state index is 0.00279. The number of ether oxygens (including phenoxy) is 1. The lowest BCUT2D eigenvalue weighted by molar-refractivity contribution is -0.117. The van der Waals surface area contributed by atoms with Gasteiger partial charge >= 0.3 is 0 Å². The van der Waals surface area contributed by atoms with Gasteiger partial charge in [0.25, 0.3) is 5.91 Å². The normalized spacial score (nSPS) is 10.8. The molecule has 0 aliphatic heterocycles. The van der Waals surface area contributed by atoms with Crippen LogP contribution in [0.1, 0.15) is 12.0 Å². The summed E-state index contributed by atoms with van der Waals surface area (Å²) in [5.74, 6) is -0.339. The summed E-state index contributed by atoms with van der Waals surface area (Å²) in [5, 5.41) is 20.9. The van der Waals surface area contributed by atoms with E-state index in [0.717, 1.165) is 0 Å². The summed E-state index contributed by atoms with van der Waals surface area (Å²) in [6.45, 7) is 1.00. The maximum atomic E-state index is 11.7. The monoisotopic (exact) mass is 260 g/mol. The number of phenols is 1. The first kappa shape index (κ1) is 14.7. The minimum atomic E-state index is -0.429. The summed E-state index contributed by atoms with van der Waals surface area (Å²) in [4.78, 5) is 11.7. The lowest BCUT2D eigenvalue weighted by Crippen LogP contribution is -2.26. The first-order chi connectivity index (χ1) is 9.17. The zero-order chi connectivity index (χ0) is 14.1. The number of carbonyl (C=O) groups excluding carboxylic acids is 1. The molecule has 1 aromatic carbocycles. The molecule has 1 aromatic rings. The van der Waals surface area contributed by atoms with E-state index >= 15 is 0 Å². The molecule has 0 aromatic heterocycles. The molecule has 0 radical (unpaired) electrons. The fourth-order valence-electron chi connectivity index (χ4n) is 1.44. The molecule has 1 rings (SSSR count). The highest BCUT2D eigenvalue weighted by atomic mass is 16.5. The maximum Gasteiger partial charge on any atom is 0.261 e. The Morgan fingerprint density at radius 1 is 1.58 bits per heavy atom. The fraction of sp³-hybridized carbons (Fsp3) is 0.286. The lowest BCUT2D eigenvalue weighted by Gasteiger charge is -2.03. The van der Waals surface area contributed by atoms with Crippen molar-refractivity contribution in [1.29, 1.82) is 5.26 Å². The number of hydrogen-bond acceptors (Lipinski definition) is 4. The van der Waals surface area contributed by atoms with E-state index in [2.05, 4.69) is 5.32 Å². The third-order valence-corrected chi connectivity index (χ3v) is 2.36. The number of aromatic hydroxyl groups is 1. The van der Waals surface area contributed by atoms with E-state index in [9.17, 15) is 9.90 Å². The highest BCUT2D eigenvalue weighted by molar-refractivity contribution is 6.01. The van der Waals surface area contributed by atoms with Gasteiger partial charge in [-0.25, -0.2) is 0 Å². The largest absolute Gasteiger partial charge is 0.508 e. The van der Waals surface area contributed by atoms with E-state index in [4.69, 9.17) is 10.00 Å². The molecule has 0 atom stereocenters. The Bertz CT molecular complexity index is 504. The quantitative estimate of drug-likeness (QED) is 0.461. The number of nitrogens with zero attached hydrogens (tertiary/aromatic N) is 1. The van der Waals surface area contributed by atoms with Gasteiger partial charge in [0, 0.05) is 20.3 Å². The Balaban J connectivity index is 2.67. The molecule has 0 saturated carbocycles. The van der Waals surface area contributed by atoms with Gasteiger partial charge in [-0.15, -0.1) is 0 Å². The van der Waals surface area contributed by atoms with Gasteiger partial charge in [-0.1, -0.05) is 12.1 Å². The molecule has 0 bridgehead atoms. The van der Waals surface area contributed by atoms with Crippen molar-refractivity contribution in [1.82, 2.24) is 5.32 Å². The van der Waals surface area contributed by atoms with Crippen molar-refractivity contribution in [3.63, 3.8) is 0 Å². The van der Waals surface area contributed by atoms with Crippen LogP contribution in [0.2, 0.25) is 0 Å². The number of rotatable bonds is 6. The van der Waals surface area contributed by atoms with Crippen LogP contribution >= 0.6 is 0 Å². The number of hydrogen-bond donors (Lipinski definition) is 2. The summed E-state index contributed by atoms with van der Waals surface area (Å²) >= 11 is 0. The Morgan fingerprint density at radius 2 is 2.37 bits per heavy atom. The third-order valence-electron chi connectivity index (χ3n) is 2.36. The van der Waals surface area contributed by atoms with Crippen LogP contribution in [0.5, 0.6) is 5.75 Å². The number of amides is 1. The molecule has 100 valence electrons. The van der Waals surface area contributed by atoms with Crippen LogP contribution in [-0.4, -0.2) is 31.3 Å². The van der Waals surface area contributed by atoms with Gasteiger partial charge in [-0.05, 0) is 30.2 Å². The van der Waals surface area contributed by atoms with Crippen molar-refractivity contribution < 1.29 is 14.6 Å². The first-order valence-electron chi connectivity index (χ1n) is 5.85. The van der Waals surface area contributed by atoms with Gasteiger partial charge in [0.1, 0.15) is 17.4 Å². The molecule has 0 spiro atoms. The highest BCUT2D eigenvalue weighted by Crippen LogP contribution is 2.13. The van der Waals surface area contributed by atoms with Crippen molar-refractivity contribution >= 4 is 12.0 Å². The molecule has 0 aliphatic rings. The van der Waals surface area contributed by atoms with Gasteiger partial charge in [0.05, 0.1) is 0 Å². The van der Waals surface area contributed by atoms with Crippen LogP contribution in [0.4, 0.5) is 0 Å². The van der Waals surface area contributed by atoms with E-state index in [0.29, 0.717) is 25.1 Å². The topological polar surface area (TPSA) is 82.3 Å². The molecule has 2 N–H and O–H groups in total. The maximum absolute atomic E-state index is 11.7. The second kappa shape index (κ2) is 7.90. The molecule has 5 nitrogen and oxygen atoms in total. The zero-order valence-electron chi connectivity index (χ0n) is 10.7. The van der Waals surface area contributed by atoms with Crippen molar-refractivity contribution in [2.75, 3.05) is 20.3 Å². The van der Waals surface area contributed by atoms with Gasteiger partial charge in [0.2, 0.25) is 0 Å². The Hall–Kier alpha value is -2.32. The van der Waals surface area contributed by atoms with Crippen LogP contribution in [0.15, 0.2) is 29.8 Å².